The topological polar surface area (TPSA) is 90.0 Å². The van der Waals surface area contributed by atoms with Crippen LogP contribution in [0.15, 0.2) is 35.7 Å². The predicted octanol–water partition coefficient (Wildman–Crippen LogP) is 2.06. The summed E-state index contributed by atoms with van der Waals surface area (Å²) >= 11 is 0. The van der Waals surface area contributed by atoms with Gasteiger partial charge in [-0.15, -0.1) is 0 Å². The summed E-state index contributed by atoms with van der Waals surface area (Å²) in [5.74, 6) is -0.00774. The Balaban J connectivity index is 1.34. The fraction of sp³-hybridized carbons (Fsp3) is 0.545. The van der Waals surface area contributed by atoms with Gasteiger partial charge < -0.3 is 5.32 Å². The van der Waals surface area contributed by atoms with Crippen LogP contribution in [-0.4, -0.2) is 72.8 Å². The molecule has 4 rings (SSSR count). The van der Waals surface area contributed by atoms with E-state index in [4.69, 9.17) is 0 Å². The Kier molecular flexibility index (Phi) is 6.18. The summed E-state index contributed by atoms with van der Waals surface area (Å²) in [5, 5.41) is 4.21. The van der Waals surface area contributed by atoms with Crippen LogP contribution in [0.5, 0.6) is 0 Å². The van der Waals surface area contributed by atoms with Crippen molar-refractivity contribution in [3.63, 3.8) is 0 Å². The van der Waals surface area contributed by atoms with Gasteiger partial charge in [0.2, 0.25) is 10.0 Å². The van der Waals surface area contributed by atoms with Crippen LogP contribution < -0.4 is 5.32 Å². The number of hydrogen-bond donors (Lipinski definition) is 1. The predicted molar refractivity (Wildman–Crippen MR) is 118 cm³/mol. The van der Waals surface area contributed by atoms with Crippen LogP contribution in [0.1, 0.15) is 38.2 Å². The van der Waals surface area contributed by atoms with E-state index >= 15 is 0 Å². The van der Waals surface area contributed by atoms with E-state index in [9.17, 15) is 18.0 Å². The second-order valence-electron chi connectivity index (χ2n) is 8.70. The first-order valence-corrected chi connectivity index (χ1v) is 12.4. The third-order valence-corrected chi connectivity index (χ3v) is 8.33. The minimum Gasteiger partial charge on any atom is -0.323 e. The van der Waals surface area contributed by atoms with Crippen molar-refractivity contribution in [3.05, 3.63) is 41.3 Å². The molecule has 0 radical (unpaired) electrons. The first-order valence-electron chi connectivity index (χ1n) is 10.9. The zero-order valence-electron chi connectivity index (χ0n) is 17.9. The SMILES string of the molecule is CC1CCCCC12NC(=O)N(CN1CCN(S(=O)(=O)/C=C/c3ccccc3)CC1)C2=O. The summed E-state index contributed by atoms with van der Waals surface area (Å²) in [6, 6.07) is 8.97. The van der Waals surface area contributed by atoms with Crippen LogP contribution >= 0.6 is 0 Å². The lowest BCUT2D eigenvalue weighted by atomic mass is 9.73. The summed E-state index contributed by atoms with van der Waals surface area (Å²) in [6.45, 7) is 3.83. The zero-order valence-corrected chi connectivity index (χ0v) is 18.7. The zero-order chi connectivity index (χ0) is 22.1. The van der Waals surface area contributed by atoms with Gasteiger partial charge in [-0.3, -0.25) is 9.69 Å². The molecule has 1 saturated carbocycles. The molecule has 31 heavy (non-hydrogen) atoms. The van der Waals surface area contributed by atoms with Crippen LogP contribution in [0.2, 0.25) is 0 Å². The highest BCUT2D eigenvalue weighted by molar-refractivity contribution is 7.92. The number of imide groups is 1. The largest absolute Gasteiger partial charge is 0.326 e. The molecule has 2 saturated heterocycles. The lowest BCUT2D eigenvalue weighted by Crippen LogP contribution is -2.55. The van der Waals surface area contributed by atoms with E-state index in [1.165, 1.54) is 14.6 Å². The molecule has 9 heteroatoms. The van der Waals surface area contributed by atoms with Gasteiger partial charge in [0.1, 0.15) is 5.54 Å². The molecule has 1 N–H and O–H groups in total. The Morgan fingerprint density at radius 1 is 1.10 bits per heavy atom. The van der Waals surface area contributed by atoms with Gasteiger partial charge >= 0.3 is 6.03 Å². The molecule has 0 bridgehead atoms. The molecule has 2 atom stereocenters. The van der Waals surface area contributed by atoms with Gasteiger partial charge in [-0.05, 0) is 30.4 Å². The summed E-state index contributed by atoms with van der Waals surface area (Å²) < 4.78 is 26.7. The number of hydrogen-bond acceptors (Lipinski definition) is 5. The summed E-state index contributed by atoms with van der Waals surface area (Å²) in [7, 11) is -3.52. The molecule has 1 aliphatic carbocycles. The minimum atomic E-state index is -3.52. The van der Waals surface area contributed by atoms with Crippen LogP contribution in [0.4, 0.5) is 4.79 Å². The molecule has 3 amide bonds. The molecule has 168 valence electrons. The quantitative estimate of drug-likeness (QED) is 0.700. The van der Waals surface area contributed by atoms with Crippen LogP contribution in [0, 0.1) is 5.92 Å². The highest BCUT2D eigenvalue weighted by Crippen LogP contribution is 2.38. The third kappa shape index (κ3) is 4.40. The van der Waals surface area contributed by atoms with Crippen LogP contribution in [0.3, 0.4) is 0 Å². The van der Waals surface area contributed by atoms with E-state index in [2.05, 4.69) is 5.32 Å². The number of sulfonamides is 1. The standard InChI is InChI=1S/C22H30N4O4S/c1-18-7-5-6-11-22(18)20(27)26(21(28)23-22)17-24-12-14-25(15-13-24)31(29,30)16-10-19-8-3-2-4-9-19/h2-4,8-10,16,18H,5-7,11-15,17H2,1H3,(H,23,28)/b16-10+. The van der Waals surface area contributed by atoms with Crippen molar-refractivity contribution in [2.45, 2.75) is 38.1 Å². The third-order valence-electron chi connectivity index (χ3n) is 6.77. The van der Waals surface area contributed by atoms with E-state index < -0.39 is 15.6 Å². The number of urea groups is 1. The van der Waals surface area contributed by atoms with Crippen molar-refractivity contribution in [2.75, 3.05) is 32.8 Å². The summed E-state index contributed by atoms with van der Waals surface area (Å²) in [5.41, 5.74) is 0.0667. The number of carbonyl (C=O) groups excluding carboxylic acids is 2. The summed E-state index contributed by atoms with van der Waals surface area (Å²) in [6.07, 6.45) is 5.25. The van der Waals surface area contributed by atoms with Gasteiger partial charge in [0.05, 0.1) is 6.67 Å². The van der Waals surface area contributed by atoms with Crippen LogP contribution in [-0.2, 0) is 14.8 Å². The first kappa shape index (κ1) is 22.0. The minimum absolute atomic E-state index is 0.126. The molecule has 1 aromatic carbocycles. The molecule has 3 aliphatic rings. The Bertz CT molecular complexity index is 957. The number of carbonyl (C=O) groups is 2. The molecule has 3 fully saturated rings. The number of nitrogens with one attached hydrogen (secondary N) is 1. The lowest BCUT2D eigenvalue weighted by Gasteiger charge is -2.38. The Morgan fingerprint density at radius 3 is 2.48 bits per heavy atom. The van der Waals surface area contributed by atoms with Crippen molar-refractivity contribution in [1.82, 2.24) is 19.4 Å². The second kappa shape index (κ2) is 8.72. The lowest BCUT2D eigenvalue weighted by molar-refractivity contribution is -0.135. The smallest absolute Gasteiger partial charge is 0.323 e. The monoisotopic (exact) mass is 446 g/mol. The molecule has 1 spiro atoms. The molecular weight excluding hydrogens is 416 g/mol. The maximum absolute atomic E-state index is 13.1. The fourth-order valence-corrected chi connectivity index (χ4v) is 5.94. The number of nitrogens with zero attached hydrogens (tertiary/aromatic N) is 3. The Morgan fingerprint density at radius 2 is 1.81 bits per heavy atom. The van der Waals surface area contributed by atoms with Gasteiger partial charge in [-0.25, -0.2) is 18.1 Å². The van der Waals surface area contributed by atoms with E-state index in [-0.39, 0.29) is 24.5 Å². The number of benzene rings is 1. The van der Waals surface area contributed by atoms with Gasteiger partial charge in [0.15, 0.2) is 0 Å². The first-order chi connectivity index (χ1) is 14.8. The van der Waals surface area contributed by atoms with Crippen molar-refractivity contribution >= 4 is 28.0 Å². The normalized spacial score (nSPS) is 28.5. The number of amides is 3. The maximum Gasteiger partial charge on any atom is 0.326 e. The van der Waals surface area contributed by atoms with E-state index in [0.717, 1.165) is 24.8 Å². The van der Waals surface area contributed by atoms with Gasteiger partial charge in [0, 0.05) is 31.6 Å². The van der Waals surface area contributed by atoms with E-state index in [1.807, 2.05) is 42.2 Å². The van der Waals surface area contributed by atoms with E-state index in [0.29, 0.717) is 32.6 Å². The second-order valence-corrected chi connectivity index (χ2v) is 10.5. The fourth-order valence-electron chi connectivity index (χ4n) is 4.76. The van der Waals surface area contributed by atoms with Crippen molar-refractivity contribution in [1.29, 1.82) is 0 Å². The highest BCUT2D eigenvalue weighted by Gasteiger charge is 2.55. The molecule has 1 aromatic rings. The van der Waals surface area contributed by atoms with E-state index in [1.54, 1.807) is 6.08 Å². The average molecular weight is 447 g/mol. The highest BCUT2D eigenvalue weighted by atomic mass is 32.2. The Labute approximate surface area is 183 Å². The molecular formula is C22H30N4O4S. The Hall–Kier alpha value is -2.23. The molecule has 2 unspecified atom stereocenters. The van der Waals surface area contributed by atoms with Crippen LogP contribution in [0.25, 0.3) is 6.08 Å². The van der Waals surface area contributed by atoms with Gasteiger partial charge in [0.25, 0.3) is 5.91 Å². The summed E-state index contributed by atoms with van der Waals surface area (Å²) in [4.78, 5) is 29.0. The maximum atomic E-state index is 13.1. The van der Waals surface area contributed by atoms with Crippen molar-refractivity contribution < 1.29 is 18.0 Å². The van der Waals surface area contributed by atoms with Gasteiger partial charge in [-0.2, -0.15) is 4.31 Å². The number of piperazine rings is 1. The average Bonchev–Trinajstić information content (AvgIpc) is 3.00. The molecule has 2 heterocycles. The van der Waals surface area contributed by atoms with Gasteiger partial charge in [-0.1, -0.05) is 50.1 Å². The molecule has 2 aliphatic heterocycles. The molecule has 0 aromatic heterocycles. The number of rotatable bonds is 5. The van der Waals surface area contributed by atoms with Crippen molar-refractivity contribution in [3.8, 4) is 0 Å². The van der Waals surface area contributed by atoms with Crippen molar-refractivity contribution in [2.24, 2.45) is 5.92 Å². The molecule has 8 nitrogen and oxygen atoms in total.